The lowest BCUT2D eigenvalue weighted by molar-refractivity contribution is 1.28. The molecule has 0 bridgehead atoms. The maximum Gasteiger partial charge on any atom is 0.0474 e. The van der Waals surface area contributed by atoms with Crippen molar-refractivity contribution in [2.75, 3.05) is 4.90 Å². The smallest absolute Gasteiger partial charge is 0.0474 e. The lowest BCUT2D eigenvalue weighted by atomic mass is 10.1. The highest BCUT2D eigenvalue weighted by Gasteiger charge is 2.12. The first-order chi connectivity index (χ1) is 17.8. The number of nitrogens with zero attached hydrogens (tertiary/aromatic N) is 1. The fourth-order valence-corrected chi connectivity index (χ4v) is 5.55. The second-order valence-corrected chi connectivity index (χ2v) is 9.56. The van der Waals surface area contributed by atoms with Gasteiger partial charge in [-0.2, -0.15) is 0 Å². The Morgan fingerprint density at radius 2 is 1.14 bits per heavy atom. The Balaban J connectivity index is 1.37. The van der Waals surface area contributed by atoms with E-state index in [-0.39, 0.29) is 0 Å². The van der Waals surface area contributed by atoms with Crippen LogP contribution in [0.4, 0.5) is 17.1 Å². The quantitative estimate of drug-likeness (QED) is 0.231. The van der Waals surface area contributed by atoms with Crippen molar-refractivity contribution >= 4 is 48.6 Å². The van der Waals surface area contributed by atoms with Gasteiger partial charge in [0.25, 0.3) is 0 Å². The van der Waals surface area contributed by atoms with Gasteiger partial charge >= 0.3 is 0 Å². The van der Waals surface area contributed by atoms with Crippen molar-refractivity contribution in [1.82, 2.24) is 0 Å². The predicted molar refractivity (Wildman–Crippen MR) is 154 cm³/mol. The van der Waals surface area contributed by atoms with Gasteiger partial charge in [0, 0.05) is 53.9 Å². The summed E-state index contributed by atoms with van der Waals surface area (Å²) in [4.78, 5) is 2.22. The van der Waals surface area contributed by atoms with Gasteiger partial charge in [0.15, 0.2) is 0 Å². The third-order valence-electron chi connectivity index (χ3n) is 6.14. The van der Waals surface area contributed by atoms with Crippen molar-refractivity contribution in [2.45, 2.75) is 0 Å². The van der Waals surface area contributed by atoms with Crippen LogP contribution >= 0.6 is 11.3 Å². The molecule has 0 amide bonds. The maximum atomic E-state index is 5.57. The third kappa shape index (κ3) is 4.23. The first-order valence-electron chi connectivity index (χ1n) is 11.7. The number of benzene rings is 5. The van der Waals surface area contributed by atoms with Crippen LogP contribution in [0.25, 0.3) is 20.2 Å². The molecule has 1 aromatic heterocycles. The summed E-state index contributed by atoms with van der Waals surface area (Å²) in [6.07, 6.45) is 5.57. The van der Waals surface area contributed by atoms with E-state index in [1.165, 1.54) is 20.2 Å². The summed E-state index contributed by atoms with van der Waals surface area (Å²) < 4.78 is 2.57. The summed E-state index contributed by atoms with van der Waals surface area (Å²) in [6, 6.07) is 41.8. The first-order valence-corrected chi connectivity index (χ1v) is 12.6. The molecule has 1 heterocycles. The van der Waals surface area contributed by atoms with Crippen molar-refractivity contribution in [2.24, 2.45) is 0 Å². The van der Waals surface area contributed by atoms with Crippen molar-refractivity contribution < 1.29 is 0 Å². The number of hydrogen-bond acceptors (Lipinski definition) is 2. The zero-order valence-electron chi connectivity index (χ0n) is 19.5. The summed E-state index contributed by atoms with van der Waals surface area (Å²) in [5, 5.41) is 2.60. The van der Waals surface area contributed by atoms with E-state index in [9.17, 15) is 0 Å². The van der Waals surface area contributed by atoms with E-state index < -0.39 is 0 Å². The van der Waals surface area contributed by atoms with Crippen LogP contribution in [0.5, 0.6) is 0 Å². The molecule has 0 radical (unpaired) electrons. The SMILES string of the molecule is C#Cc1ccc(N(c2ccccc2)c2cccc(C#Cc3ccc4c(c3)sc3ccccc34)c2)cc1. The van der Waals surface area contributed by atoms with Crippen LogP contribution in [0.1, 0.15) is 16.7 Å². The average Bonchev–Trinajstić information content (AvgIpc) is 3.31. The summed E-state index contributed by atoms with van der Waals surface area (Å²) in [7, 11) is 0. The molecule has 0 unspecified atom stereocenters. The van der Waals surface area contributed by atoms with Gasteiger partial charge in [0.2, 0.25) is 0 Å². The number of terminal acetylenes is 1. The van der Waals surface area contributed by atoms with Crippen LogP contribution in [-0.2, 0) is 0 Å². The number of fused-ring (bicyclic) bond motifs is 3. The normalized spacial score (nSPS) is 10.5. The number of rotatable bonds is 3. The van der Waals surface area contributed by atoms with Crippen LogP contribution in [-0.4, -0.2) is 0 Å². The molecule has 168 valence electrons. The molecule has 0 spiro atoms. The van der Waals surface area contributed by atoms with Gasteiger partial charge in [-0.25, -0.2) is 0 Å². The second kappa shape index (κ2) is 9.47. The fraction of sp³-hybridized carbons (Fsp3) is 0. The molecular weight excluding hydrogens is 454 g/mol. The van der Waals surface area contributed by atoms with E-state index in [4.69, 9.17) is 6.42 Å². The van der Waals surface area contributed by atoms with E-state index in [0.29, 0.717) is 0 Å². The Bertz CT molecular complexity index is 1790. The standard InChI is InChI=1S/C34H21NS/c1-2-25-17-20-29(21-18-25)35(28-10-4-3-5-11-28)30-12-8-9-26(23-30)15-16-27-19-22-32-31-13-6-7-14-33(31)36-34(32)24-27/h1,3-14,17-24H. The molecule has 0 N–H and O–H groups in total. The van der Waals surface area contributed by atoms with Crippen molar-refractivity contribution in [3.05, 3.63) is 138 Å². The molecule has 6 aromatic rings. The van der Waals surface area contributed by atoms with Crippen molar-refractivity contribution in [3.63, 3.8) is 0 Å². The van der Waals surface area contributed by atoms with E-state index in [1.54, 1.807) is 0 Å². The zero-order valence-corrected chi connectivity index (χ0v) is 20.3. The van der Waals surface area contributed by atoms with Gasteiger partial charge in [-0.05, 0) is 72.8 Å². The summed E-state index contributed by atoms with van der Waals surface area (Å²) in [6.45, 7) is 0. The van der Waals surface area contributed by atoms with Gasteiger partial charge < -0.3 is 4.90 Å². The largest absolute Gasteiger partial charge is 0.310 e. The Labute approximate surface area is 215 Å². The molecule has 0 aliphatic rings. The molecule has 2 heteroatoms. The van der Waals surface area contributed by atoms with E-state index in [1.807, 2.05) is 41.7 Å². The van der Waals surface area contributed by atoms with Crippen LogP contribution < -0.4 is 4.90 Å². The van der Waals surface area contributed by atoms with Gasteiger partial charge in [-0.1, -0.05) is 66.3 Å². The number of anilines is 3. The Morgan fingerprint density at radius 1 is 0.500 bits per heavy atom. The van der Waals surface area contributed by atoms with Gasteiger partial charge in [-0.15, -0.1) is 17.8 Å². The zero-order chi connectivity index (χ0) is 24.3. The first kappa shape index (κ1) is 21.8. The highest BCUT2D eigenvalue weighted by atomic mass is 32.1. The molecular formula is C34H21NS. The second-order valence-electron chi connectivity index (χ2n) is 8.47. The van der Waals surface area contributed by atoms with Gasteiger partial charge in [-0.3, -0.25) is 0 Å². The topological polar surface area (TPSA) is 3.24 Å². The molecule has 6 rings (SSSR count). The predicted octanol–water partition coefficient (Wildman–Crippen LogP) is 8.91. The molecule has 0 aliphatic heterocycles. The number of thiophene rings is 1. The van der Waals surface area contributed by atoms with Crippen LogP contribution in [0.15, 0.2) is 121 Å². The lowest BCUT2D eigenvalue weighted by Crippen LogP contribution is -2.09. The lowest BCUT2D eigenvalue weighted by Gasteiger charge is -2.25. The highest BCUT2D eigenvalue weighted by molar-refractivity contribution is 7.25. The van der Waals surface area contributed by atoms with Crippen LogP contribution in [0, 0.1) is 24.2 Å². The Morgan fingerprint density at radius 3 is 1.94 bits per heavy atom. The average molecular weight is 476 g/mol. The van der Waals surface area contributed by atoms with Crippen LogP contribution in [0.3, 0.4) is 0 Å². The molecule has 5 aromatic carbocycles. The van der Waals surface area contributed by atoms with Gasteiger partial charge in [0.05, 0.1) is 0 Å². The maximum absolute atomic E-state index is 5.57. The molecule has 0 atom stereocenters. The summed E-state index contributed by atoms with van der Waals surface area (Å²) in [5.41, 5.74) is 6.00. The minimum Gasteiger partial charge on any atom is -0.310 e. The van der Waals surface area contributed by atoms with Gasteiger partial charge in [0.1, 0.15) is 0 Å². The van der Waals surface area contributed by atoms with E-state index >= 15 is 0 Å². The van der Waals surface area contributed by atoms with E-state index in [2.05, 4.69) is 114 Å². The number of para-hydroxylation sites is 1. The van der Waals surface area contributed by atoms with Crippen LogP contribution in [0.2, 0.25) is 0 Å². The highest BCUT2D eigenvalue weighted by Crippen LogP contribution is 2.35. The molecule has 36 heavy (non-hydrogen) atoms. The molecule has 0 saturated heterocycles. The minimum absolute atomic E-state index is 0.863. The molecule has 1 nitrogen and oxygen atoms in total. The summed E-state index contributed by atoms with van der Waals surface area (Å²) in [5.74, 6) is 9.45. The fourth-order valence-electron chi connectivity index (χ4n) is 4.40. The van der Waals surface area contributed by atoms with Crippen molar-refractivity contribution in [1.29, 1.82) is 0 Å². The Hall–Kier alpha value is -4.76. The Kier molecular flexibility index (Phi) is 5.72. The minimum atomic E-state index is 0.863. The molecule has 0 fully saturated rings. The van der Waals surface area contributed by atoms with E-state index in [0.717, 1.165) is 33.8 Å². The molecule has 0 saturated carbocycles. The molecule has 0 aliphatic carbocycles. The third-order valence-corrected chi connectivity index (χ3v) is 7.27. The summed E-state index contributed by atoms with van der Waals surface area (Å²) >= 11 is 1.81. The monoisotopic (exact) mass is 475 g/mol. The number of hydrogen-bond donors (Lipinski definition) is 0. The van der Waals surface area contributed by atoms with Crippen molar-refractivity contribution in [3.8, 4) is 24.2 Å².